The van der Waals surface area contributed by atoms with Crippen molar-refractivity contribution in [2.24, 2.45) is 0 Å². The lowest BCUT2D eigenvalue weighted by Crippen LogP contribution is -2.23. The summed E-state index contributed by atoms with van der Waals surface area (Å²) in [6, 6.07) is 8.13. The molecule has 0 saturated heterocycles. The molecule has 0 bridgehead atoms. The van der Waals surface area contributed by atoms with Crippen molar-refractivity contribution in [1.82, 2.24) is 0 Å². The van der Waals surface area contributed by atoms with Gasteiger partial charge in [0.15, 0.2) is 0 Å². The molecule has 1 aromatic rings. The summed E-state index contributed by atoms with van der Waals surface area (Å²) in [7, 11) is 0. The zero-order valence-corrected chi connectivity index (χ0v) is 10.3. The molecular formula is C12H17BrO. The molecule has 78 valence electrons. The van der Waals surface area contributed by atoms with Crippen molar-refractivity contribution >= 4 is 15.9 Å². The topological polar surface area (TPSA) is 20.2 Å². The van der Waals surface area contributed by atoms with E-state index in [-0.39, 0.29) is 0 Å². The molecule has 0 aromatic heterocycles. The largest absolute Gasteiger partial charge is 0.385 e. The standard InChI is InChI=1S/C12H17BrO/c1-3-12(14,4-2)11-7-5-6-10(8-11)9-13/h5-8,14H,3-4,9H2,1-2H3. The van der Waals surface area contributed by atoms with E-state index in [2.05, 4.69) is 28.1 Å². The van der Waals surface area contributed by atoms with Gasteiger partial charge in [-0.05, 0) is 24.0 Å². The fourth-order valence-electron chi connectivity index (χ4n) is 1.60. The minimum atomic E-state index is -0.655. The first-order valence-corrected chi connectivity index (χ1v) is 6.16. The van der Waals surface area contributed by atoms with E-state index >= 15 is 0 Å². The minimum absolute atomic E-state index is 0.655. The van der Waals surface area contributed by atoms with E-state index in [4.69, 9.17) is 0 Å². The lowest BCUT2D eigenvalue weighted by molar-refractivity contribution is 0.0283. The molecule has 1 rings (SSSR count). The summed E-state index contributed by atoms with van der Waals surface area (Å²) in [6.45, 7) is 4.04. The maximum Gasteiger partial charge on any atom is 0.0891 e. The van der Waals surface area contributed by atoms with E-state index in [9.17, 15) is 5.11 Å². The fourth-order valence-corrected chi connectivity index (χ4v) is 1.95. The van der Waals surface area contributed by atoms with E-state index in [1.807, 2.05) is 26.0 Å². The second kappa shape index (κ2) is 4.94. The molecule has 0 fully saturated rings. The van der Waals surface area contributed by atoms with Gasteiger partial charge in [0.2, 0.25) is 0 Å². The van der Waals surface area contributed by atoms with Crippen molar-refractivity contribution in [3.05, 3.63) is 35.4 Å². The maximum atomic E-state index is 10.3. The zero-order valence-electron chi connectivity index (χ0n) is 8.76. The van der Waals surface area contributed by atoms with Crippen molar-refractivity contribution in [3.63, 3.8) is 0 Å². The van der Waals surface area contributed by atoms with Crippen LogP contribution < -0.4 is 0 Å². The number of hydrogen-bond acceptors (Lipinski definition) is 1. The van der Waals surface area contributed by atoms with Gasteiger partial charge in [-0.1, -0.05) is 54.0 Å². The normalized spacial score (nSPS) is 11.7. The molecule has 0 aliphatic heterocycles. The number of benzene rings is 1. The Morgan fingerprint density at radius 2 is 1.93 bits per heavy atom. The smallest absolute Gasteiger partial charge is 0.0891 e. The molecule has 1 nitrogen and oxygen atoms in total. The molecule has 0 aliphatic rings. The van der Waals surface area contributed by atoms with Crippen LogP contribution >= 0.6 is 15.9 Å². The first-order chi connectivity index (χ1) is 6.66. The third-order valence-electron chi connectivity index (χ3n) is 2.79. The number of halogens is 1. The zero-order chi connectivity index (χ0) is 10.6. The lowest BCUT2D eigenvalue weighted by atomic mass is 9.88. The van der Waals surface area contributed by atoms with Crippen LogP contribution in [0.1, 0.15) is 37.8 Å². The summed E-state index contributed by atoms with van der Waals surface area (Å²) < 4.78 is 0. The molecule has 2 heteroatoms. The van der Waals surface area contributed by atoms with Crippen LogP contribution in [0.3, 0.4) is 0 Å². The highest BCUT2D eigenvalue weighted by atomic mass is 79.9. The molecule has 0 heterocycles. The van der Waals surface area contributed by atoms with Gasteiger partial charge >= 0.3 is 0 Å². The predicted octanol–water partition coefficient (Wildman–Crippen LogP) is 3.59. The predicted molar refractivity (Wildman–Crippen MR) is 63.6 cm³/mol. The van der Waals surface area contributed by atoms with Gasteiger partial charge in [0, 0.05) is 5.33 Å². The summed E-state index contributed by atoms with van der Waals surface area (Å²) in [5.74, 6) is 0. The van der Waals surface area contributed by atoms with E-state index in [1.54, 1.807) is 0 Å². The van der Waals surface area contributed by atoms with Crippen molar-refractivity contribution in [3.8, 4) is 0 Å². The molecule has 0 unspecified atom stereocenters. The van der Waals surface area contributed by atoms with Gasteiger partial charge in [-0.15, -0.1) is 0 Å². The molecule has 0 saturated carbocycles. The van der Waals surface area contributed by atoms with Crippen LogP contribution in [0.4, 0.5) is 0 Å². The van der Waals surface area contributed by atoms with Crippen LogP contribution in [-0.2, 0) is 10.9 Å². The second-order valence-electron chi connectivity index (χ2n) is 3.57. The van der Waals surface area contributed by atoms with Crippen LogP contribution in [-0.4, -0.2) is 5.11 Å². The Kier molecular flexibility index (Phi) is 4.14. The molecule has 1 N–H and O–H groups in total. The van der Waals surface area contributed by atoms with Gasteiger partial charge in [-0.3, -0.25) is 0 Å². The first kappa shape index (κ1) is 11.7. The van der Waals surface area contributed by atoms with Crippen molar-refractivity contribution in [1.29, 1.82) is 0 Å². The molecule has 0 aliphatic carbocycles. The van der Waals surface area contributed by atoms with Gasteiger partial charge in [-0.2, -0.15) is 0 Å². The number of hydrogen-bond donors (Lipinski definition) is 1. The molecule has 0 amide bonds. The monoisotopic (exact) mass is 256 g/mol. The molecule has 0 atom stereocenters. The fraction of sp³-hybridized carbons (Fsp3) is 0.500. The van der Waals surface area contributed by atoms with Crippen LogP contribution in [0.5, 0.6) is 0 Å². The van der Waals surface area contributed by atoms with Gasteiger partial charge in [0.1, 0.15) is 0 Å². The average Bonchev–Trinajstić information content (AvgIpc) is 2.28. The van der Waals surface area contributed by atoms with Crippen LogP contribution in [0.2, 0.25) is 0 Å². The van der Waals surface area contributed by atoms with E-state index in [0.29, 0.717) is 0 Å². The Labute approximate surface area is 94.3 Å². The summed E-state index contributed by atoms with van der Waals surface area (Å²) >= 11 is 3.42. The van der Waals surface area contributed by atoms with Gasteiger partial charge in [0.25, 0.3) is 0 Å². The summed E-state index contributed by atoms with van der Waals surface area (Å²) in [5, 5.41) is 11.1. The van der Waals surface area contributed by atoms with Crippen LogP contribution in [0.15, 0.2) is 24.3 Å². The van der Waals surface area contributed by atoms with E-state index in [0.717, 1.165) is 23.7 Å². The first-order valence-electron chi connectivity index (χ1n) is 5.04. The highest BCUT2D eigenvalue weighted by Gasteiger charge is 2.24. The summed E-state index contributed by atoms with van der Waals surface area (Å²) in [5.41, 5.74) is 1.58. The maximum absolute atomic E-state index is 10.3. The van der Waals surface area contributed by atoms with Crippen LogP contribution in [0, 0.1) is 0 Å². The quantitative estimate of drug-likeness (QED) is 0.817. The van der Waals surface area contributed by atoms with Crippen LogP contribution in [0.25, 0.3) is 0 Å². The van der Waals surface area contributed by atoms with Gasteiger partial charge < -0.3 is 5.11 Å². The lowest BCUT2D eigenvalue weighted by Gasteiger charge is -2.26. The third kappa shape index (κ3) is 2.37. The van der Waals surface area contributed by atoms with E-state index < -0.39 is 5.60 Å². The Bertz CT molecular complexity index is 292. The number of rotatable bonds is 4. The SMILES string of the molecule is CCC(O)(CC)c1cccc(CBr)c1. The molecular weight excluding hydrogens is 240 g/mol. The molecule has 14 heavy (non-hydrogen) atoms. The number of aliphatic hydroxyl groups is 1. The molecule has 0 spiro atoms. The van der Waals surface area contributed by atoms with E-state index in [1.165, 1.54) is 5.56 Å². The van der Waals surface area contributed by atoms with Crippen molar-refractivity contribution < 1.29 is 5.11 Å². The molecule has 1 aromatic carbocycles. The Morgan fingerprint density at radius 3 is 2.43 bits per heavy atom. The Hall–Kier alpha value is -0.340. The summed E-state index contributed by atoms with van der Waals surface area (Å²) in [6.07, 6.45) is 1.52. The van der Waals surface area contributed by atoms with Gasteiger partial charge in [0.05, 0.1) is 5.60 Å². The van der Waals surface area contributed by atoms with Gasteiger partial charge in [-0.25, -0.2) is 0 Å². The third-order valence-corrected chi connectivity index (χ3v) is 3.44. The Balaban J connectivity index is 3.04. The summed E-state index contributed by atoms with van der Waals surface area (Å²) in [4.78, 5) is 0. The van der Waals surface area contributed by atoms with Crippen molar-refractivity contribution in [2.75, 3.05) is 0 Å². The van der Waals surface area contributed by atoms with Crippen molar-refractivity contribution in [2.45, 2.75) is 37.6 Å². The highest BCUT2D eigenvalue weighted by molar-refractivity contribution is 9.08. The number of alkyl halides is 1. The minimum Gasteiger partial charge on any atom is -0.385 e. The molecule has 0 radical (unpaired) electrons. The Morgan fingerprint density at radius 1 is 1.29 bits per heavy atom. The average molecular weight is 257 g/mol. The highest BCUT2D eigenvalue weighted by Crippen LogP contribution is 2.29. The second-order valence-corrected chi connectivity index (χ2v) is 4.13.